The summed E-state index contributed by atoms with van der Waals surface area (Å²) in [6.07, 6.45) is 1.13. The van der Waals surface area contributed by atoms with Gasteiger partial charge in [-0.15, -0.1) is 0 Å². The minimum Gasteiger partial charge on any atom is -0.0948 e. The Hall–Kier alpha value is -0.0600. The van der Waals surface area contributed by atoms with E-state index in [4.69, 9.17) is 11.2 Å². The summed E-state index contributed by atoms with van der Waals surface area (Å²) in [6.45, 7) is 4.46. The summed E-state index contributed by atoms with van der Waals surface area (Å²) in [4.78, 5) is 0. The molecular weight excluding hydrogens is 187 g/mol. The standard InChI is InChI=1S/C10H14ClP/c1-8(2)7-9-5-3-4-6-10(9)12-11/h3-6,8,12H,7H2,1-2H3. The van der Waals surface area contributed by atoms with Gasteiger partial charge >= 0.3 is 0 Å². The van der Waals surface area contributed by atoms with Crippen LogP contribution in [0.5, 0.6) is 0 Å². The third-order valence-corrected chi connectivity index (χ3v) is 3.05. The Balaban J connectivity index is 2.82. The van der Waals surface area contributed by atoms with Crippen molar-refractivity contribution in [3.05, 3.63) is 29.8 Å². The quantitative estimate of drug-likeness (QED) is 0.657. The Morgan fingerprint density at radius 3 is 2.58 bits per heavy atom. The van der Waals surface area contributed by atoms with Crippen molar-refractivity contribution in [2.45, 2.75) is 20.3 Å². The van der Waals surface area contributed by atoms with Crippen LogP contribution in [0, 0.1) is 5.92 Å². The summed E-state index contributed by atoms with van der Waals surface area (Å²) < 4.78 is 0. The summed E-state index contributed by atoms with van der Waals surface area (Å²) >= 11 is 5.84. The topological polar surface area (TPSA) is 0 Å². The fraction of sp³-hybridized carbons (Fsp3) is 0.400. The van der Waals surface area contributed by atoms with Crippen LogP contribution in [-0.4, -0.2) is 0 Å². The molecule has 0 saturated carbocycles. The number of hydrogen-bond acceptors (Lipinski definition) is 0. The second kappa shape index (κ2) is 4.84. The fourth-order valence-electron chi connectivity index (χ4n) is 1.23. The van der Waals surface area contributed by atoms with Crippen molar-refractivity contribution < 1.29 is 0 Å². The summed E-state index contributed by atoms with van der Waals surface area (Å²) in [5, 5.41) is 1.30. The van der Waals surface area contributed by atoms with Gasteiger partial charge < -0.3 is 0 Å². The van der Waals surface area contributed by atoms with E-state index in [-0.39, 0.29) is 0 Å². The van der Waals surface area contributed by atoms with Crippen molar-refractivity contribution in [2.24, 2.45) is 5.92 Å². The maximum atomic E-state index is 5.84. The van der Waals surface area contributed by atoms with Crippen molar-refractivity contribution in [3.63, 3.8) is 0 Å². The Morgan fingerprint density at radius 1 is 1.33 bits per heavy atom. The molecule has 66 valence electrons. The summed E-state index contributed by atoms with van der Waals surface area (Å²) in [5.41, 5.74) is 1.40. The Morgan fingerprint density at radius 2 is 2.00 bits per heavy atom. The molecule has 0 fully saturated rings. The molecule has 0 aliphatic carbocycles. The minimum atomic E-state index is 0.401. The van der Waals surface area contributed by atoms with Crippen molar-refractivity contribution in [1.29, 1.82) is 0 Å². The van der Waals surface area contributed by atoms with E-state index >= 15 is 0 Å². The maximum Gasteiger partial charge on any atom is 0.00687 e. The summed E-state index contributed by atoms with van der Waals surface area (Å²) in [5.74, 6) is 0.708. The van der Waals surface area contributed by atoms with Gasteiger partial charge in [-0.3, -0.25) is 0 Å². The molecule has 0 aliphatic heterocycles. The molecule has 0 N–H and O–H groups in total. The lowest BCUT2D eigenvalue weighted by Gasteiger charge is -2.08. The second-order valence-corrected chi connectivity index (χ2v) is 4.64. The largest absolute Gasteiger partial charge is 0.0948 e. The molecule has 0 bridgehead atoms. The molecule has 1 aromatic rings. The van der Waals surface area contributed by atoms with Gasteiger partial charge in [-0.1, -0.05) is 49.4 Å². The van der Waals surface area contributed by atoms with Crippen LogP contribution in [0.15, 0.2) is 24.3 Å². The van der Waals surface area contributed by atoms with Gasteiger partial charge in [-0.2, -0.15) is 0 Å². The molecule has 0 nitrogen and oxygen atoms in total. The molecule has 0 aromatic heterocycles. The van der Waals surface area contributed by atoms with Crippen LogP contribution in [0.4, 0.5) is 0 Å². The van der Waals surface area contributed by atoms with Gasteiger partial charge in [0.1, 0.15) is 0 Å². The fourth-order valence-corrected chi connectivity index (χ4v) is 2.25. The Bertz CT molecular complexity index is 245. The second-order valence-electron chi connectivity index (χ2n) is 3.35. The number of halogens is 1. The van der Waals surface area contributed by atoms with Gasteiger partial charge in [0.2, 0.25) is 0 Å². The van der Waals surface area contributed by atoms with Gasteiger partial charge in [-0.05, 0) is 23.2 Å². The number of benzene rings is 1. The van der Waals surface area contributed by atoms with Gasteiger partial charge in [0.05, 0.1) is 0 Å². The minimum absolute atomic E-state index is 0.401. The van der Waals surface area contributed by atoms with Crippen LogP contribution in [0.2, 0.25) is 0 Å². The first-order chi connectivity index (χ1) is 5.74. The molecule has 0 heterocycles. The van der Waals surface area contributed by atoms with E-state index < -0.39 is 0 Å². The lowest BCUT2D eigenvalue weighted by molar-refractivity contribution is 0.649. The average molecular weight is 201 g/mol. The Labute approximate surface area is 80.9 Å². The molecule has 0 amide bonds. The first-order valence-electron chi connectivity index (χ1n) is 4.18. The van der Waals surface area contributed by atoms with Crippen molar-refractivity contribution in [1.82, 2.24) is 0 Å². The molecule has 1 atom stereocenters. The number of rotatable bonds is 3. The predicted octanol–water partition coefficient (Wildman–Crippen LogP) is 3.34. The molecule has 0 spiro atoms. The highest BCUT2D eigenvalue weighted by Gasteiger charge is 2.02. The van der Waals surface area contributed by atoms with Crippen LogP contribution in [0.3, 0.4) is 0 Å². The highest BCUT2D eigenvalue weighted by atomic mass is 35.7. The van der Waals surface area contributed by atoms with E-state index in [2.05, 4.69) is 38.1 Å². The zero-order chi connectivity index (χ0) is 8.97. The molecule has 1 aromatic carbocycles. The third-order valence-electron chi connectivity index (χ3n) is 1.75. The lowest BCUT2D eigenvalue weighted by Crippen LogP contribution is -2.05. The molecule has 0 radical (unpaired) electrons. The Kier molecular flexibility index (Phi) is 4.05. The van der Waals surface area contributed by atoms with Gasteiger partial charge in [0, 0.05) is 7.93 Å². The maximum absolute atomic E-state index is 5.84. The average Bonchev–Trinajstić information content (AvgIpc) is 2.04. The molecule has 2 heteroatoms. The molecule has 1 rings (SSSR count). The lowest BCUT2D eigenvalue weighted by atomic mass is 10.0. The first-order valence-corrected chi connectivity index (χ1v) is 6.19. The van der Waals surface area contributed by atoms with Crippen molar-refractivity contribution in [2.75, 3.05) is 0 Å². The van der Waals surface area contributed by atoms with Crippen LogP contribution >= 0.6 is 19.2 Å². The first kappa shape index (κ1) is 10.0. The van der Waals surface area contributed by atoms with E-state index in [0.29, 0.717) is 13.9 Å². The van der Waals surface area contributed by atoms with Crippen molar-refractivity contribution >= 4 is 24.5 Å². The van der Waals surface area contributed by atoms with Gasteiger partial charge in [-0.25, -0.2) is 0 Å². The third kappa shape index (κ3) is 2.77. The number of hydrogen-bond donors (Lipinski definition) is 0. The van der Waals surface area contributed by atoms with E-state index in [9.17, 15) is 0 Å². The highest BCUT2D eigenvalue weighted by Crippen LogP contribution is 2.19. The van der Waals surface area contributed by atoms with E-state index in [1.165, 1.54) is 10.9 Å². The van der Waals surface area contributed by atoms with Gasteiger partial charge in [0.25, 0.3) is 0 Å². The van der Waals surface area contributed by atoms with Crippen LogP contribution < -0.4 is 5.30 Å². The smallest absolute Gasteiger partial charge is 0.00687 e. The van der Waals surface area contributed by atoms with Crippen LogP contribution in [0.25, 0.3) is 0 Å². The monoisotopic (exact) mass is 200 g/mol. The molecule has 0 saturated heterocycles. The molecule has 1 unspecified atom stereocenters. The molecule has 0 aliphatic rings. The molecule has 12 heavy (non-hydrogen) atoms. The zero-order valence-corrected chi connectivity index (χ0v) is 9.23. The normalized spacial score (nSPS) is 11.7. The van der Waals surface area contributed by atoms with Crippen molar-refractivity contribution in [3.8, 4) is 0 Å². The predicted molar refractivity (Wildman–Crippen MR) is 58.8 cm³/mol. The van der Waals surface area contributed by atoms with E-state index in [0.717, 1.165) is 6.42 Å². The van der Waals surface area contributed by atoms with Crippen LogP contribution in [-0.2, 0) is 6.42 Å². The summed E-state index contributed by atoms with van der Waals surface area (Å²) in [7, 11) is 0.401. The molecular formula is C10H14ClP. The highest BCUT2D eigenvalue weighted by molar-refractivity contribution is 7.75. The van der Waals surface area contributed by atoms with E-state index in [1.807, 2.05) is 0 Å². The summed E-state index contributed by atoms with van der Waals surface area (Å²) in [6, 6.07) is 8.42. The van der Waals surface area contributed by atoms with E-state index in [1.54, 1.807) is 0 Å². The SMILES string of the molecule is CC(C)Cc1ccccc1PCl. The van der Waals surface area contributed by atoms with Crippen LogP contribution in [0.1, 0.15) is 19.4 Å². The van der Waals surface area contributed by atoms with Gasteiger partial charge in [0.15, 0.2) is 0 Å². The zero-order valence-electron chi connectivity index (χ0n) is 7.47.